The molecule has 3 rings (SSSR count). The van der Waals surface area contributed by atoms with Crippen LogP contribution in [0.25, 0.3) is 0 Å². The fraction of sp³-hybridized carbons (Fsp3) is 0.458. The number of benzene rings is 2. The molecule has 0 saturated carbocycles. The van der Waals surface area contributed by atoms with E-state index in [-0.39, 0.29) is 47.2 Å². The minimum Gasteiger partial charge on any atom is -0.494 e. The number of halogens is 1. The fourth-order valence-corrected chi connectivity index (χ4v) is 5.87. The number of esters is 1. The third kappa shape index (κ3) is 6.88. The number of sulfone groups is 1. The van der Waals surface area contributed by atoms with Crippen molar-refractivity contribution in [3.63, 3.8) is 0 Å². The third-order valence-electron chi connectivity index (χ3n) is 5.24. The standard InChI is InChI=1S/C24H30FNO8S2/c1-24(2,3)34-23(27)13-16-6-9-21-20(12-16)26(15-17(33-21)10-11-35(5,28)29)36(30,31)18-7-8-19(25)22(14-18)32-4/h6-9,12,14,17H,10-11,13,15H2,1-5H3/t17-/m0/s1. The first-order valence-electron chi connectivity index (χ1n) is 11.1. The third-order valence-corrected chi connectivity index (χ3v) is 8.00. The summed E-state index contributed by atoms with van der Waals surface area (Å²) >= 11 is 0. The molecule has 1 heterocycles. The molecule has 0 unspecified atom stereocenters. The highest BCUT2D eigenvalue weighted by Crippen LogP contribution is 2.39. The Labute approximate surface area is 211 Å². The number of anilines is 1. The molecular weight excluding hydrogens is 513 g/mol. The number of sulfonamides is 1. The van der Waals surface area contributed by atoms with E-state index in [0.717, 1.165) is 28.8 Å². The minimum atomic E-state index is -4.24. The summed E-state index contributed by atoms with van der Waals surface area (Å²) in [4.78, 5) is 12.1. The second kappa shape index (κ2) is 10.3. The first-order valence-corrected chi connectivity index (χ1v) is 14.6. The molecule has 0 aliphatic carbocycles. The lowest BCUT2D eigenvalue weighted by Crippen LogP contribution is -2.44. The number of rotatable bonds is 8. The van der Waals surface area contributed by atoms with Crippen molar-refractivity contribution < 1.29 is 40.2 Å². The highest BCUT2D eigenvalue weighted by Gasteiger charge is 2.35. The van der Waals surface area contributed by atoms with Crippen LogP contribution in [0.4, 0.5) is 10.1 Å². The Balaban J connectivity index is 2.03. The van der Waals surface area contributed by atoms with E-state index in [9.17, 15) is 26.0 Å². The van der Waals surface area contributed by atoms with Crippen LogP contribution in [0.15, 0.2) is 41.3 Å². The summed E-state index contributed by atoms with van der Waals surface area (Å²) in [5.41, 5.74) is -0.00819. The number of fused-ring (bicyclic) bond motifs is 1. The molecular formula is C24H30FNO8S2. The van der Waals surface area contributed by atoms with E-state index < -0.39 is 43.4 Å². The zero-order chi connectivity index (χ0) is 26.9. The minimum absolute atomic E-state index is 0.0662. The number of hydrogen-bond donors (Lipinski definition) is 0. The van der Waals surface area contributed by atoms with Crippen LogP contribution in [-0.4, -0.2) is 60.2 Å². The molecule has 1 aliphatic rings. The molecule has 0 fully saturated rings. The largest absolute Gasteiger partial charge is 0.494 e. The van der Waals surface area contributed by atoms with Gasteiger partial charge in [-0.15, -0.1) is 0 Å². The van der Waals surface area contributed by atoms with E-state index in [1.54, 1.807) is 26.8 Å². The number of carbonyl (C=O) groups is 1. The Morgan fingerprint density at radius 2 is 1.83 bits per heavy atom. The summed E-state index contributed by atoms with van der Waals surface area (Å²) in [6, 6.07) is 7.87. The van der Waals surface area contributed by atoms with Crippen LogP contribution in [0.1, 0.15) is 32.8 Å². The van der Waals surface area contributed by atoms with Crippen molar-refractivity contribution >= 4 is 31.5 Å². The van der Waals surface area contributed by atoms with Crippen molar-refractivity contribution in [2.75, 3.05) is 30.0 Å². The van der Waals surface area contributed by atoms with Crippen LogP contribution >= 0.6 is 0 Å². The maximum atomic E-state index is 14.0. The highest BCUT2D eigenvalue weighted by molar-refractivity contribution is 7.92. The fourth-order valence-electron chi connectivity index (χ4n) is 3.66. The van der Waals surface area contributed by atoms with Crippen molar-refractivity contribution in [2.24, 2.45) is 0 Å². The van der Waals surface area contributed by atoms with Gasteiger partial charge < -0.3 is 14.2 Å². The zero-order valence-corrected chi connectivity index (χ0v) is 22.4. The van der Waals surface area contributed by atoms with Gasteiger partial charge in [0.05, 0.1) is 36.4 Å². The van der Waals surface area contributed by atoms with Gasteiger partial charge in [-0.2, -0.15) is 0 Å². The SMILES string of the molecule is COc1cc(S(=O)(=O)N2C[C@H](CCS(C)(=O)=O)Oc3ccc(CC(=O)OC(C)(C)C)cc32)ccc1F. The molecule has 0 aromatic heterocycles. The van der Waals surface area contributed by atoms with Crippen molar-refractivity contribution in [2.45, 2.75) is 50.2 Å². The molecule has 1 aliphatic heterocycles. The van der Waals surface area contributed by atoms with Gasteiger partial charge in [-0.1, -0.05) is 6.07 Å². The van der Waals surface area contributed by atoms with Crippen LogP contribution in [0.5, 0.6) is 11.5 Å². The lowest BCUT2D eigenvalue weighted by molar-refractivity contribution is -0.153. The molecule has 0 radical (unpaired) electrons. The quantitative estimate of drug-likeness (QED) is 0.467. The van der Waals surface area contributed by atoms with E-state index >= 15 is 0 Å². The molecule has 2 aromatic rings. The van der Waals surface area contributed by atoms with Crippen molar-refractivity contribution in [3.05, 3.63) is 47.8 Å². The van der Waals surface area contributed by atoms with Gasteiger partial charge >= 0.3 is 5.97 Å². The number of ether oxygens (including phenoxy) is 3. The molecule has 1 atom stereocenters. The molecule has 198 valence electrons. The summed E-state index contributed by atoms with van der Waals surface area (Å²) in [5, 5.41) is 0. The van der Waals surface area contributed by atoms with Gasteiger partial charge in [-0.3, -0.25) is 9.10 Å². The molecule has 0 spiro atoms. The van der Waals surface area contributed by atoms with Crippen LogP contribution < -0.4 is 13.8 Å². The molecule has 0 saturated heterocycles. The summed E-state index contributed by atoms with van der Waals surface area (Å²) in [7, 11) is -6.33. The number of nitrogens with zero attached hydrogens (tertiary/aromatic N) is 1. The molecule has 9 nitrogen and oxygen atoms in total. The average Bonchev–Trinajstić information content (AvgIpc) is 2.75. The van der Waals surface area contributed by atoms with Crippen LogP contribution in [0.3, 0.4) is 0 Å². The predicted molar refractivity (Wildman–Crippen MR) is 132 cm³/mol. The second-order valence-electron chi connectivity index (χ2n) is 9.56. The van der Waals surface area contributed by atoms with Gasteiger partial charge in [-0.25, -0.2) is 21.2 Å². The second-order valence-corrected chi connectivity index (χ2v) is 13.7. The van der Waals surface area contributed by atoms with E-state index in [0.29, 0.717) is 5.56 Å². The van der Waals surface area contributed by atoms with Crippen LogP contribution in [-0.2, 0) is 35.8 Å². The number of hydrogen-bond acceptors (Lipinski definition) is 8. The van der Waals surface area contributed by atoms with Crippen molar-refractivity contribution in [3.8, 4) is 11.5 Å². The molecule has 2 aromatic carbocycles. The van der Waals surface area contributed by atoms with Crippen molar-refractivity contribution in [1.82, 2.24) is 0 Å². The van der Waals surface area contributed by atoms with E-state index in [4.69, 9.17) is 14.2 Å². The van der Waals surface area contributed by atoms with Gasteiger partial charge in [0.2, 0.25) is 0 Å². The highest BCUT2D eigenvalue weighted by atomic mass is 32.2. The average molecular weight is 544 g/mol. The summed E-state index contributed by atoms with van der Waals surface area (Å²) < 4.78 is 82.0. The Kier molecular flexibility index (Phi) is 7.89. The maximum Gasteiger partial charge on any atom is 0.310 e. The Bertz CT molecular complexity index is 1350. The lowest BCUT2D eigenvalue weighted by Gasteiger charge is -2.36. The predicted octanol–water partition coefficient (Wildman–Crippen LogP) is 3.11. The Morgan fingerprint density at radius 1 is 1.14 bits per heavy atom. The molecule has 0 amide bonds. The zero-order valence-electron chi connectivity index (χ0n) is 20.8. The number of carbonyl (C=O) groups excluding carboxylic acids is 1. The normalized spacial score (nSPS) is 16.2. The first-order chi connectivity index (χ1) is 16.6. The summed E-state index contributed by atoms with van der Waals surface area (Å²) in [5.74, 6) is -1.42. The molecule has 12 heteroatoms. The molecule has 0 bridgehead atoms. The van der Waals surface area contributed by atoms with Gasteiger partial charge in [0.25, 0.3) is 10.0 Å². The first kappa shape index (κ1) is 27.7. The van der Waals surface area contributed by atoms with E-state index in [2.05, 4.69) is 0 Å². The van der Waals surface area contributed by atoms with Crippen LogP contribution in [0, 0.1) is 5.82 Å². The molecule has 0 N–H and O–H groups in total. The van der Waals surface area contributed by atoms with E-state index in [1.807, 2.05) is 0 Å². The number of methoxy groups -OCH3 is 1. The van der Waals surface area contributed by atoms with E-state index in [1.165, 1.54) is 19.2 Å². The molecule has 36 heavy (non-hydrogen) atoms. The Hall–Kier alpha value is -2.86. The monoisotopic (exact) mass is 543 g/mol. The van der Waals surface area contributed by atoms with Gasteiger partial charge in [0.1, 0.15) is 27.3 Å². The van der Waals surface area contributed by atoms with Gasteiger partial charge in [-0.05, 0) is 57.0 Å². The smallest absolute Gasteiger partial charge is 0.310 e. The lowest BCUT2D eigenvalue weighted by atomic mass is 10.1. The maximum absolute atomic E-state index is 14.0. The topological polar surface area (TPSA) is 116 Å². The Morgan fingerprint density at radius 3 is 2.44 bits per heavy atom. The summed E-state index contributed by atoms with van der Waals surface area (Å²) in [6.45, 7) is 5.05. The van der Waals surface area contributed by atoms with Crippen LogP contribution in [0.2, 0.25) is 0 Å². The van der Waals surface area contributed by atoms with Gasteiger partial charge in [0.15, 0.2) is 11.6 Å². The van der Waals surface area contributed by atoms with Crippen molar-refractivity contribution in [1.29, 1.82) is 0 Å². The van der Waals surface area contributed by atoms with Gasteiger partial charge in [0, 0.05) is 12.3 Å². The summed E-state index contributed by atoms with van der Waals surface area (Å²) in [6.07, 6.45) is 0.310.